The zero-order valence-electron chi connectivity index (χ0n) is 15.9. The number of nitrogens with zero attached hydrogens (tertiary/aromatic N) is 1. The first kappa shape index (κ1) is 22.2. The molecule has 1 aliphatic rings. The van der Waals surface area contributed by atoms with Gasteiger partial charge in [0, 0.05) is 13.1 Å². The van der Waals surface area contributed by atoms with Crippen molar-refractivity contribution < 1.29 is 27.1 Å². The van der Waals surface area contributed by atoms with Crippen molar-refractivity contribution in [1.29, 1.82) is 0 Å². The first-order valence-corrected chi connectivity index (χ1v) is 11.1. The second kappa shape index (κ2) is 9.55. The fourth-order valence-electron chi connectivity index (χ4n) is 3.09. The lowest BCUT2D eigenvalue weighted by Gasteiger charge is -2.30. The summed E-state index contributed by atoms with van der Waals surface area (Å²) in [5, 5.41) is 2.92. The van der Waals surface area contributed by atoms with Gasteiger partial charge < -0.3 is 10.1 Å². The van der Waals surface area contributed by atoms with Gasteiger partial charge in [-0.3, -0.25) is 9.59 Å². The van der Waals surface area contributed by atoms with Gasteiger partial charge >= 0.3 is 5.97 Å². The zero-order valence-corrected chi connectivity index (χ0v) is 17.5. The second-order valence-corrected chi connectivity index (χ2v) is 9.11. The molecule has 10 heteroatoms. The Kier molecular flexibility index (Phi) is 7.06. The highest BCUT2D eigenvalue weighted by atomic mass is 35.5. The van der Waals surface area contributed by atoms with Crippen LogP contribution in [0.3, 0.4) is 0 Å². The monoisotopic (exact) mass is 454 g/mol. The van der Waals surface area contributed by atoms with Gasteiger partial charge in [0.2, 0.25) is 10.0 Å². The van der Waals surface area contributed by atoms with Crippen LogP contribution in [0.1, 0.15) is 12.8 Å². The molecule has 3 rings (SSSR count). The number of rotatable bonds is 6. The minimum atomic E-state index is -3.75. The smallest absolute Gasteiger partial charge is 0.309 e. The summed E-state index contributed by atoms with van der Waals surface area (Å²) in [5.41, 5.74) is 0.416. The third-order valence-corrected chi connectivity index (χ3v) is 6.97. The number of carbonyl (C=O) groups excluding carboxylic acids is 2. The summed E-state index contributed by atoms with van der Waals surface area (Å²) >= 11 is 5.96. The van der Waals surface area contributed by atoms with Crippen LogP contribution < -0.4 is 5.32 Å². The van der Waals surface area contributed by atoms with Gasteiger partial charge in [-0.25, -0.2) is 12.8 Å². The van der Waals surface area contributed by atoms with Crippen molar-refractivity contribution in [1.82, 2.24) is 4.31 Å². The molecule has 0 aliphatic carbocycles. The van der Waals surface area contributed by atoms with Gasteiger partial charge in [0.1, 0.15) is 5.82 Å². The van der Waals surface area contributed by atoms with E-state index in [9.17, 15) is 22.4 Å². The van der Waals surface area contributed by atoms with Crippen molar-refractivity contribution in [2.75, 3.05) is 25.0 Å². The van der Waals surface area contributed by atoms with Crippen LogP contribution in [0.5, 0.6) is 0 Å². The number of anilines is 1. The highest BCUT2D eigenvalue weighted by molar-refractivity contribution is 7.89. The minimum absolute atomic E-state index is 0.00108. The summed E-state index contributed by atoms with van der Waals surface area (Å²) < 4.78 is 44.6. The van der Waals surface area contributed by atoms with Gasteiger partial charge in [0.15, 0.2) is 6.61 Å². The van der Waals surface area contributed by atoms with E-state index in [4.69, 9.17) is 16.3 Å². The van der Waals surface area contributed by atoms with Crippen molar-refractivity contribution in [2.45, 2.75) is 17.7 Å². The Labute approximate surface area is 178 Å². The molecular formula is C20H20ClFN2O5S. The van der Waals surface area contributed by atoms with Crippen LogP contribution in [0, 0.1) is 11.7 Å². The van der Waals surface area contributed by atoms with Crippen LogP contribution in [0.4, 0.5) is 10.1 Å². The third kappa shape index (κ3) is 5.35. The van der Waals surface area contributed by atoms with Crippen molar-refractivity contribution in [3.05, 3.63) is 59.4 Å². The predicted octanol–water partition coefficient (Wildman–Crippen LogP) is 3.06. The van der Waals surface area contributed by atoms with E-state index in [2.05, 4.69) is 5.32 Å². The van der Waals surface area contributed by atoms with Gasteiger partial charge in [0.05, 0.1) is 21.5 Å². The molecule has 1 saturated heterocycles. The van der Waals surface area contributed by atoms with Crippen LogP contribution in [-0.2, 0) is 24.3 Å². The van der Waals surface area contributed by atoms with Gasteiger partial charge in [0.25, 0.3) is 5.91 Å². The molecule has 7 nitrogen and oxygen atoms in total. The van der Waals surface area contributed by atoms with Crippen LogP contribution in [0.2, 0.25) is 5.02 Å². The fourth-order valence-corrected chi connectivity index (χ4v) is 4.74. The summed E-state index contributed by atoms with van der Waals surface area (Å²) in [6, 6.07) is 11.3. The average molecular weight is 455 g/mol. The summed E-state index contributed by atoms with van der Waals surface area (Å²) in [6.07, 6.45) is 0.538. The van der Waals surface area contributed by atoms with E-state index in [0.717, 1.165) is 12.1 Å². The third-order valence-electron chi connectivity index (χ3n) is 4.73. The van der Waals surface area contributed by atoms with E-state index < -0.39 is 40.2 Å². The Morgan fingerprint density at radius 1 is 1.10 bits per heavy atom. The molecule has 30 heavy (non-hydrogen) atoms. The number of benzene rings is 2. The van der Waals surface area contributed by atoms with E-state index in [1.165, 1.54) is 16.4 Å². The first-order chi connectivity index (χ1) is 14.3. The SMILES string of the molecule is O=C(COC(=O)C1CCN(S(=O)(=O)c2ccc(F)cc2)CC1)Nc1ccccc1Cl. The normalized spacial score (nSPS) is 15.5. The van der Waals surface area contributed by atoms with E-state index in [0.29, 0.717) is 10.7 Å². The molecule has 160 valence electrons. The molecule has 0 bridgehead atoms. The number of amides is 1. The number of sulfonamides is 1. The molecule has 0 unspecified atom stereocenters. The average Bonchev–Trinajstić information content (AvgIpc) is 2.74. The van der Waals surface area contributed by atoms with Crippen molar-refractivity contribution in [3.8, 4) is 0 Å². The topological polar surface area (TPSA) is 92.8 Å². The molecule has 1 amide bonds. The number of piperidine rings is 1. The standard InChI is InChI=1S/C20H20ClFN2O5S/c21-17-3-1-2-4-18(17)23-19(25)13-29-20(26)14-9-11-24(12-10-14)30(27,28)16-7-5-15(22)6-8-16/h1-8,14H,9-13H2,(H,23,25). The minimum Gasteiger partial charge on any atom is -0.455 e. The summed E-state index contributed by atoms with van der Waals surface area (Å²) in [5.74, 6) is -2.09. The lowest BCUT2D eigenvalue weighted by atomic mass is 9.98. The van der Waals surface area contributed by atoms with Crippen LogP contribution in [0.15, 0.2) is 53.4 Å². The predicted molar refractivity (Wildman–Crippen MR) is 109 cm³/mol. The highest BCUT2D eigenvalue weighted by Crippen LogP contribution is 2.25. The number of nitrogens with one attached hydrogen (secondary N) is 1. The fraction of sp³-hybridized carbons (Fsp3) is 0.300. The van der Waals surface area contributed by atoms with Crippen molar-refractivity contribution in [2.24, 2.45) is 5.92 Å². The molecule has 2 aromatic carbocycles. The second-order valence-electron chi connectivity index (χ2n) is 6.77. The lowest BCUT2D eigenvalue weighted by molar-refractivity contribution is -0.152. The van der Waals surface area contributed by atoms with Crippen molar-refractivity contribution >= 4 is 39.2 Å². The molecule has 1 heterocycles. The van der Waals surface area contributed by atoms with Gasteiger partial charge in [-0.05, 0) is 49.2 Å². The number of ether oxygens (including phenoxy) is 1. The van der Waals surface area contributed by atoms with E-state index >= 15 is 0 Å². The van der Waals surface area contributed by atoms with Crippen molar-refractivity contribution in [3.63, 3.8) is 0 Å². The number of para-hydroxylation sites is 1. The molecule has 0 spiro atoms. The molecule has 0 atom stereocenters. The number of esters is 1. The summed E-state index contributed by atoms with van der Waals surface area (Å²) in [4.78, 5) is 24.2. The first-order valence-electron chi connectivity index (χ1n) is 9.24. The van der Waals surface area contributed by atoms with E-state index in [-0.39, 0.29) is 30.8 Å². The van der Waals surface area contributed by atoms with E-state index in [1.54, 1.807) is 24.3 Å². The largest absolute Gasteiger partial charge is 0.455 e. The molecule has 1 aliphatic heterocycles. The molecule has 1 N–H and O–H groups in total. The molecule has 0 radical (unpaired) electrons. The maximum Gasteiger partial charge on any atom is 0.309 e. The quantitative estimate of drug-likeness (QED) is 0.677. The van der Waals surface area contributed by atoms with E-state index in [1.807, 2.05) is 0 Å². The Morgan fingerprint density at radius 3 is 2.37 bits per heavy atom. The van der Waals surface area contributed by atoms with Gasteiger partial charge in [-0.1, -0.05) is 23.7 Å². The van der Waals surface area contributed by atoms with Crippen LogP contribution in [-0.4, -0.2) is 44.3 Å². The maximum atomic E-state index is 13.0. The van der Waals surface area contributed by atoms with Gasteiger partial charge in [-0.15, -0.1) is 0 Å². The molecule has 2 aromatic rings. The van der Waals surface area contributed by atoms with Crippen LogP contribution >= 0.6 is 11.6 Å². The number of hydrogen-bond acceptors (Lipinski definition) is 5. The number of hydrogen-bond donors (Lipinski definition) is 1. The summed E-state index contributed by atoms with van der Waals surface area (Å²) in [6.45, 7) is -0.200. The van der Waals surface area contributed by atoms with Crippen LogP contribution in [0.25, 0.3) is 0 Å². The molecule has 1 fully saturated rings. The lowest BCUT2D eigenvalue weighted by Crippen LogP contribution is -2.40. The Bertz CT molecular complexity index is 1020. The zero-order chi connectivity index (χ0) is 21.7. The molecule has 0 saturated carbocycles. The number of carbonyl (C=O) groups is 2. The maximum absolute atomic E-state index is 13.0. The molecular weight excluding hydrogens is 435 g/mol. The van der Waals surface area contributed by atoms with Gasteiger partial charge in [-0.2, -0.15) is 4.31 Å². The Hall–Kier alpha value is -2.49. The Morgan fingerprint density at radius 2 is 1.73 bits per heavy atom. The number of halogens is 2. The highest BCUT2D eigenvalue weighted by Gasteiger charge is 2.33. The molecule has 0 aromatic heterocycles. The Balaban J connectivity index is 1.48. The summed E-state index contributed by atoms with van der Waals surface area (Å²) in [7, 11) is -3.75.